The van der Waals surface area contributed by atoms with E-state index >= 15 is 0 Å². The molecule has 0 spiro atoms. The molecule has 2 heterocycles. The molecule has 0 bridgehead atoms. The normalized spacial score (nSPS) is 14.3. The number of aromatic nitrogens is 1. The summed E-state index contributed by atoms with van der Waals surface area (Å²) in [5.41, 5.74) is 0.592. The molecule has 130 valence electrons. The fraction of sp³-hybridized carbons (Fsp3) is 0.278. The van der Waals surface area contributed by atoms with Gasteiger partial charge >= 0.3 is 0 Å². The van der Waals surface area contributed by atoms with Crippen LogP contribution in [0, 0.1) is 5.82 Å². The van der Waals surface area contributed by atoms with Gasteiger partial charge in [0.1, 0.15) is 11.6 Å². The number of carbonyl (C=O) groups is 2. The highest BCUT2D eigenvalue weighted by Crippen LogP contribution is 2.12. The molecule has 1 aromatic carbocycles. The first-order chi connectivity index (χ1) is 12.1. The third-order valence-corrected chi connectivity index (χ3v) is 4.02. The topological polar surface area (TPSA) is 62.7 Å². The lowest BCUT2D eigenvalue weighted by Crippen LogP contribution is -2.51. The maximum absolute atomic E-state index is 12.8. The van der Waals surface area contributed by atoms with Crippen molar-refractivity contribution in [1.29, 1.82) is 0 Å². The summed E-state index contributed by atoms with van der Waals surface area (Å²) >= 11 is 0. The summed E-state index contributed by atoms with van der Waals surface area (Å²) in [5, 5.41) is 0. The third-order valence-electron chi connectivity index (χ3n) is 4.02. The lowest BCUT2D eigenvalue weighted by atomic mass is 10.2. The molecule has 0 atom stereocenters. The molecule has 1 fully saturated rings. The van der Waals surface area contributed by atoms with E-state index in [4.69, 9.17) is 4.74 Å². The highest BCUT2D eigenvalue weighted by molar-refractivity contribution is 5.94. The molecular formula is C18H18FN3O3. The Morgan fingerprint density at radius 2 is 1.56 bits per heavy atom. The van der Waals surface area contributed by atoms with Crippen molar-refractivity contribution in [3.05, 3.63) is 60.2 Å². The zero-order chi connectivity index (χ0) is 17.6. The van der Waals surface area contributed by atoms with Crippen LogP contribution in [-0.2, 0) is 4.79 Å². The van der Waals surface area contributed by atoms with Crippen molar-refractivity contribution in [1.82, 2.24) is 14.8 Å². The number of hydrogen-bond acceptors (Lipinski definition) is 4. The van der Waals surface area contributed by atoms with Gasteiger partial charge in [0.05, 0.1) is 0 Å². The first-order valence-electron chi connectivity index (χ1n) is 7.99. The average Bonchev–Trinajstić information content (AvgIpc) is 2.67. The predicted octanol–water partition coefficient (Wildman–Crippen LogP) is 1.58. The van der Waals surface area contributed by atoms with Crippen LogP contribution in [0.15, 0.2) is 48.8 Å². The number of halogens is 1. The van der Waals surface area contributed by atoms with Gasteiger partial charge in [0.15, 0.2) is 6.61 Å². The van der Waals surface area contributed by atoms with E-state index in [1.807, 2.05) is 0 Å². The molecule has 1 saturated heterocycles. The maximum Gasteiger partial charge on any atom is 0.260 e. The molecule has 0 N–H and O–H groups in total. The van der Waals surface area contributed by atoms with E-state index in [0.29, 0.717) is 37.5 Å². The standard InChI is InChI=1S/C18H18FN3O3/c19-15-1-3-16(4-2-15)25-13-17(23)21-9-11-22(12-10-21)18(24)14-5-7-20-8-6-14/h1-8H,9-13H2. The SMILES string of the molecule is O=C(COc1ccc(F)cc1)N1CCN(C(=O)c2ccncc2)CC1. The number of hydrogen-bond donors (Lipinski definition) is 0. The van der Waals surface area contributed by atoms with Crippen LogP contribution in [0.5, 0.6) is 5.75 Å². The second kappa shape index (κ2) is 7.74. The van der Waals surface area contributed by atoms with Crippen molar-refractivity contribution >= 4 is 11.8 Å². The summed E-state index contributed by atoms with van der Waals surface area (Å²) in [6.07, 6.45) is 3.17. The number of benzene rings is 1. The Balaban J connectivity index is 1.47. The first-order valence-corrected chi connectivity index (χ1v) is 7.99. The van der Waals surface area contributed by atoms with Gasteiger partial charge in [-0.1, -0.05) is 0 Å². The minimum Gasteiger partial charge on any atom is -0.484 e. The highest BCUT2D eigenvalue weighted by Gasteiger charge is 2.24. The Morgan fingerprint density at radius 3 is 2.20 bits per heavy atom. The summed E-state index contributed by atoms with van der Waals surface area (Å²) in [6.45, 7) is 1.77. The Bertz CT molecular complexity index is 729. The molecule has 25 heavy (non-hydrogen) atoms. The Kier molecular flexibility index (Phi) is 5.23. The smallest absolute Gasteiger partial charge is 0.260 e. The van der Waals surface area contributed by atoms with Crippen LogP contribution in [0.2, 0.25) is 0 Å². The molecule has 0 aliphatic carbocycles. The van der Waals surface area contributed by atoms with Crippen molar-refractivity contribution < 1.29 is 18.7 Å². The van der Waals surface area contributed by atoms with Crippen molar-refractivity contribution in [3.8, 4) is 5.75 Å². The van der Waals surface area contributed by atoms with E-state index in [9.17, 15) is 14.0 Å². The molecule has 1 aromatic heterocycles. The fourth-order valence-corrected chi connectivity index (χ4v) is 2.60. The van der Waals surface area contributed by atoms with Gasteiger partial charge in [0.2, 0.25) is 0 Å². The van der Waals surface area contributed by atoms with Gasteiger partial charge in [-0.25, -0.2) is 4.39 Å². The van der Waals surface area contributed by atoms with Gasteiger partial charge < -0.3 is 14.5 Å². The number of amides is 2. The zero-order valence-corrected chi connectivity index (χ0v) is 13.6. The maximum atomic E-state index is 12.8. The molecular weight excluding hydrogens is 325 g/mol. The fourth-order valence-electron chi connectivity index (χ4n) is 2.60. The molecule has 7 heteroatoms. The van der Waals surface area contributed by atoms with Crippen molar-refractivity contribution in [2.75, 3.05) is 32.8 Å². The second-order valence-corrected chi connectivity index (χ2v) is 5.65. The summed E-state index contributed by atoms with van der Waals surface area (Å²) in [6, 6.07) is 8.88. The molecule has 0 unspecified atom stereocenters. The first kappa shape index (κ1) is 16.9. The largest absolute Gasteiger partial charge is 0.484 e. The number of ether oxygens (including phenoxy) is 1. The van der Waals surface area contributed by atoms with Crippen LogP contribution < -0.4 is 4.74 Å². The summed E-state index contributed by atoms with van der Waals surface area (Å²) in [5.74, 6) is -0.118. The Labute approximate surface area is 144 Å². The number of rotatable bonds is 4. The number of piperazine rings is 1. The second-order valence-electron chi connectivity index (χ2n) is 5.65. The average molecular weight is 343 g/mol. The van der Waals surface area contributed by atoms with Crippen LogP contribution in [-0.4, -0.2) is 59.4 Å². The van der Waals surface area contributed by atoms with Crippen LogP contribution >= 0.6 is 0 Å². The molecule has 0 radical (unpaired) electrons. The van der Waals surface area contributed by atoms with E-state index in [1.165, 1.54) is 24.3 Å². The van der Waals surface area contributed by atoms with E-state index in [2.05, 4.69) is 4.98 Å². The number of nitrogens with zero attached hydrogens (tertiary/aromatic N) is 3. The highest BCUT2D eigenvalue weighted by atomic mass is 19.1. The van der Waals surface area contributed by atoms with Gasteiger partial charge in [0.25, 0.3) is 11.8 Å². The van der Waals surface area contributed by atoms with E-state index in [0.717, 1.165) is 0 Å². The van der Waals surface area contributed by atoms with Crippen LogP contribution in [0.4, 0.5) is 4.39 Å². The zero-order valence-electron chi connectivity index (χ0n) is 13.6. The van der Waals surface area contributed by atoms with Crippen molar-refractivity contribution in [2.45, 2.75) is 0 Å². The monoisotopic (exact) mass is 343 g/mol. The molecule has 3 rings (SSSR count). The van der Waals surface area contributed by atoms with Crippen molar-refractivity contribution in [2.24, 2.45) is 0 Å². The summed E-state index contributed by atoms with van der Waals surface area (Å²) < 4.78 is 18.2. The van der Waals surface area contributed by atoms with E-state index in [1.54, 1.807) is 34.3 Å². The minimum absolute atomic E-state index is 0.0583. The minimum atomic E-state index is -0.353. The molecule has 1 aliphatic rings. The predicted molar refractivity (Wildman–Crippen MR) is 88.6 cm³/mol. The van der Waals surface area contributed by atoms with Crippen LogP contribution in [0.1, 0.15) is 10.4 Å². The van der Waals surface area contributed by atoms with Gasteiger partial charge in [-0.15, -0.1) is 0 Å². The molecule has 2 amide bonds. The molecule has 2 aromatic rings. The van der Waals surface area contributed by atoms with E-state index in [-0.39, 0.29) is 24.2 Å². The Hall–Kier alpha value is -2.96. The quantitative estimate of drug-likeness (QED) is 0.846. The van der Waals surface area contributed by atoms with Crippen molar-refractivity contribution in [3.63, 3.8) is 0 Å². The summed E-state index contributed by atoms with van der Waals surface area (Å²) in [7, 11) is 0. The number of carbonyl (C=O) groups excluding carboxylic acids is 2. The van der Waals surface area contributed by atoms with Gasteiger partial charge in [-0.05, 0) is 36.4 Å². The van der Waals surface area contributed by atoms with Gasteiger partial charge in [-0.2, -0.15) is 0 Å². The number of pyridine rings is 1. The lowest BCUT2D eigenvalue weighted by Gasteiger charge is -2.34. The van der Waals surface area contributed by atoms with Crippen LogP contribution in [0.3, 0.4) is 0 Å². The molecule has 0 saturated carbocycles. The van der Waals surface area contributed by atoms with Gasteiger partial charge in [-0.3, -0.25) is 14.6 Å². The molecule has 1 aliphatic heterocycles. The Morgan fingerprint density at radius 1 is 0.960 bits per heavy atom. The van der Waals surface area contributed by atoms with Crippen LogP contribution in [0.25, 0.3) is 0 Å². The van der Waals surface area contributed by atoms with E-state index < -0.39 is 0 Å². The third kappa shape index (κ3) is 4.32. The van der Waals surface area contributed by atoms with Gasteiger partial charge in [0, 0.05) is 44.1 Å². The molecule has 6 nitrogen and oxygen atoms in total. The summed E-state index contributed by atoms with van der Waals surface area (Å²) in [4.78, 5) is 31.8. The lowest BCUT2D eigenvalue weighted by molar-refractivity contribution is -0.134.